The molecule has 2 N–H and O–H groups in total. The van der Waals surface area contributed by atoms with Crippen LogP contribution < -0.4 is 10.6 Å². The van der Waals surface area contributed by atoms with Crippen molar-refractivity contribution >= 4 is 33.3 Å². The molecule has 29 heavy (non-hydrogen) atoms. The van der Waals surface area contributed by atoms with Gasteiger partial charge in [0.15, 0.2) is 0 Å². The Morgan fingerprint density at radius 1 is 1.14 bits per heavy atom. The first kappa shape index (κ1) is 21.5. The molecule has 0 aliphatic carbocycles. The van der Waals surface area contributed by atoms with Crippen molar-refractivity contribution in [2.24, 2.45) is 0 Å². The molecule has 0 saturated carbocycles. The molecule has 2 aromatic rings. The second-order valence-electron chi connectivity index (χ2n) is 6.42. The maximum atomic E-state index is 12.9. The first-order chi connectivity index (χ1) is 13.9. The number of morpholine rings is 1. The van der Waals surface area contributed by atoms with Crippen molar-refractivity contribution < 1.29 is 22.3 Å². The molecule has 156 valence electrons. The average molecular weight is 442 g/mol. The Bertz CT molecular complexity index is 964. The standard InChI is InChI=1S/C19H21ClFN3O4S/c20-17-6-5-16(29(26,27)24-9-11-28-12-10-24)13-18(17)23-19(25)22-8-7-14-1-3-15(21)4-2-14/h1-6,13H,7-12H2,(H2,22,23,25). The van der Waals surface area contributed by atoms with Crippen LogP contribution in [0, 0.1) is 5.82 Å². The second-order valence-corrected chi connectivity index (χ2v) is 8.76. The Hall–Kier alpha value is -2.20. The number of carbonyl (C=O) groups excluding carboxylic acids is 1. The maximum absolute atomic E-state index is 12.9. The summed E-state index contributed by atoms with van der Waals surface area (Å²) in [4.78, 5) is 12.2. The van der Waals surface area contributed by atoms with Crippen LogP contribution in [0.2, 0.25) is 5.02 Å². The van der Waals surface area contributed by atoms with Gasteiger partial charge in [0, 0.05) is 19.6 Å². The summed E-state index contributed by atoms with van der Waals surface area (Å²) >= 11 is 6.11. The van der Waals surface area contributed by atoms with Crippen LogP contribution in [0.5, 0.6) is 0 Å². The van der Waals surface area contributed by atoms with Crippen molar-refractivity contribution in [2.45, 2.75) is 11.3 Å². The normalized spacial score (nSPS) is 15.1. The molecular weight excluding hydrogens is 421 g/mol. The van der Waals surface area contributed by atoms with Gasteiger partial charge in [-0.2, -0.15) is 4.31 Å². The van der Waals surface area contributed by atoms with Gasteiger partial charge in [-0.1, -0.05) is 23.7 Å². The van der Waals surface area contributed by atoms with Crippen LogP contribution >= 0.6 is 11.6 Å². The van der Waals surface area contributed by atoms with E-state index in [0.29, 0.717) is 26.2 Å². The van der Waals surface area contributed by atoms with E-state index >= 15 is 0 Å². The predicted octanol–water partition coefficient (Wildman–Crippen LogP) is 2.86. The lowest BCUT2D eigenvalue weighted by atomic mass is 10.1. The van der Waals surface area contributed by atoms with Gasteiger partial charge in [0.1, 0.15) is 5.82 Å². The second kappa shape index (κ2) is 9.53. The highest BCUT2D eigenvalue weighted by molar-refractivity contribution is 7.89. The van der Waals surface area contributed by atoms with Gasteiger partial charge < -0.3 is 15.4 Å². The lowest BCUT2D eigenvalue weighted by molar-refractivity contribution is 0.0730. The monoisotopic (exact) mass is 441 g/mol. The minimum Gasteiger partial charge on any atom is -0.379 e. The Balaban J connectivity index is 1.61. The number of urea groups is 1. The molecule has 0 spiro atoms. The third kappa shape index (κ3) is 5.66. The first-order valence-electron chi connectivity index (χ1n) is 9.03. The molecule has 0 atom stereocenters. The molecule has 0 aromatic heterocycles. The van der Waals surface area contributed by atoms with Crippen LogP contribution in [0.25, 0.3) is 0 Å². The third-order valence-electron chi connectivity index (χ3n) is 4.41. The van der Waals surface area contributed by atoms with Gasteiger partial charge in [-0.15, -0.1) is 0 Å². The van der Waals surface area contributed by atoms with E-state index in [-0.39, 0.29) is 34.5 Å². The molecule has 2 amide bonds. The number of ether oxygens (including phenoxy) is 1. The van der Waals surface area contributed by atoms with Gasteiger partial charge >= 0.3 is 6.03 Å². The number of halogens is 2. The van der Waals surface area contributed by atoms with E-state index < -0.39 is 16.1 Å². The SMILES string of the molecule is O=C(NCCc1ccc(F)cc1)Nc1cc(S(=O)(=O)N2CCOCC2)ccc1Cl. The highest BCUT2D eigenvalue weighted by Gasteiger charge is 2.27. The Kier molecular flexibility index (Phi) is 7.07. The Morgan fingerprint density at radius 3 is 2.52 bits per heavy atom. The molecule has 0 bridgehead atoms. The van der Waals surface area contributed by atoms with Crippen LogP contribution in [0.4, 0.5) is 14.9 Å². The van der Waals surface area contributed by atoms with Crippen molar-refractivity contribution in [3.05, 3.63) is 58.9 Å². The fraction of sp³-hybridized carbons (Fsp3) is 0.316. The number of benzene rings is 2. The largest absolute Gasteiger partial charge is 0.379 e. The fourth-order valence-corrected chi connectivity index (χ4v) is 4.43. The highest BCUT2D eigenvalue weighted by atomic mass is 35.5. The zero-order valence-corrected chi connectivity index (χ0v) is 17.1. The summed E-state index contributed by atoms with van der Waals surface area (Å²) < 4.78 is 45.0. The van der Waals surface area contributed by atoms with Crippen LogP contribution in [0.1, 0.15) is 5.56 Å². The number of nitrogens with one attached hydrogen (secondary N) is 2. The Labute approximate surface area is 173 Å². The summed E-state index contributed by atoms with van der Waals surface area (Å²) in [6, 6.07) is 9.67. The van der Waals surface area contributed by atoms with Crippen LogP contribution in [0.3, 0.4) is 0 Å². The molecule has 1 heterocycles. The van der Waals surface area contributed by atoms with Gasteiger partial charge in [0.2, 0.25) is 10.0 Å². The highest BCUT2D eigenvalue weighted by Crippen LogP contribution is 2.27. The average Bonchev–Trinajstić information content (AvgIpc) is 2.71. The maximum Gasteiger partial charge on any atom is 0.319 e. The lowest BCUT2D eigenvalue weighted by Gasteiger charge is -2.26. The van der Waals surface area contributed by atoms with Crippen molar-refractivity contribution in [1.82, 2.24) is 9.62 Å². The van der Waals surface area contributed by atoms with Crippen molar-refractivity contribution in [1.29, 1.82) is 0 Å². The number of hydrogen-bond donors (Lipinski definition) is 2. The van der Waals surface area contributed by atoms with E-state index in [1.807, 2.05) is 0 Å². The van der Waals surface area contributed by atoms with Crippen molar-refractivity contribution in [3.63, 3.8) is 0 Å². The zero-order valence-electron chi connectivity index (χ0n) is 15.5. The van der Waals surface area contributed by atoms with Crippen LogP contribution in [-0.4, -0.2) is 51.6 Å². The van der Waals surface area contributed by atoms with Gasteiger partial charge in [-0.3, -0.25) is 0 Å². The summed E-state index contributed by atoms with van der Waals surface area (Å²) in [5, 5.41) is 5.46. The molecular formula is C19H21ClFN3O4S. The van der Waals surface area contributed by atoms with Crippen molar-refractivity contribution in [3.8, 4) is 0 Å². The third-order valence-corrected chi connectivity index (χ3v) is 6.63. The van der Waals surface area contributed by atoms with E-state index in [2.05, 4.69) is 10.6 Å². The number of sulfonamides is 1. The number of anilines is 1. The first-order valence-corrected chi connectivity index (χ1v) is 10.8. The molecule has 3 rings (SSSR count). The Morgan fingerprint density at radius 2 is 1.83 bits per heavy atom. The molecule has 1 aliphatic rings. The molecule has 0 unspecified atom stereocenters. The van der Waals surface area contributed by atoms with Gasteiger partial charge in [0.25, 0.3) is 0 Å². The topological polar surface area (TPSA) is 87.7 Å². The number of amides is 2. The van der Waals surface area contributed by atoms with Gasteiger partial charge in [-0.05, 0) is 42.3 Å². The van der Waals surface area contributed by atoms with E-state index in [4.69, 9.17) is 16.3 Å². The molecule has 1 aliphatic heterocycles. The van der Waals surface area contributed by atoms with Gasteiger partial charge in [0.05, 0.1) is 28.8 Å². The fourth-order valence-electron chi connectivity index (χ4n) is 2.83. The molecule has 1 saturated heterocycles. The molecule has 1 fully saturated rings. The number of hydrogen-bond acceptors (Lipinski definition) is 4. The molecule has 10 heteroatoms. The van der Waals surface area contributed by atoms with Gasteiger partial charge in [-0.25, -0.2) is 17.6 Å². The summed E-state index contributed by atoms with van der Waals surface area (Å²) in [5.41, 5.74) is 1.07. The minimum absolute atomic E-state index is 0.0467. The molecule has 7 nitrogen and oxygen atoms in total. The number of rotatable bonds is 6. The quantitative estimate of drug-likeness (QED) is 0.721. The minimum atomic E-state index is -3.70. The summed E-state index contributed by atoms with van der Waals surface area (Å²) in [6.07, 6.45) is 0.521. The summed E-state index contributed by atoms with van der Waals surface area (Å²) in [6.45, 7) is 1.55. The smallest absolute Gasteiger partial charge is 0.319 e. The van der Waals surface area contributed by atoms with E-state index in [9.17, 15) is 17.6 Å². The van der Waals surface area contributed by atoms with E-state index in [1.165, 1.54) is 34.6 Å². The van der Waals surface area contributed by atoms with Crippen LogP contribution in [0.15, 0.2) is 47.4 Å². The number of carbonyl (C=O) groups is 1. The van der Waals surface area contributed by atoms with E-state index in [0.717, 1.165) is 5.56 Å². The van der Waals surface area contributed by atoms with Crippen molar-refractivity contribution in [2.75, 3.05) is 38.2 Å². The van der Waals surface area contributed by atoms with Crippen LogP contribution in [-0.2, 0) is 21.2 Å². The number of nitrogens with zero attached hydrogens (tertiary/aromatic N) is 1. The molecule has 0 radical (unpaired) electrons. The molecule has 2 aromatic carbocycles. The van der Waals surface area contributed by atoms with E-state index in [1.54, 1.807) is 12.1 Å². The lowest BCUT2D eigenvalue weighted by Crippen LogP contribution is -2.40. The zero-order chi connectivity index (χ0) is 20.9. The predicted molar refractivity (Wildman–Crippen MR) is 108 cm³/mol. The summed E-state index contributed by atoms with van der Waals surface area (Å²) in [5.74, 6) is -0.319. The summed E-state index contributed by atoms with van der Waals surface area (Å²) in [7, 11) is -3.70.